The van der Waals surface area contributed by atoms with Crippen molar-refractivity contribution in [2.24, 2.45) is 0 Å². The molecule has 0 unspecified atom stereocenters. The second-order valence-corrected chi connectivity index (χ2v) is 3.46. The van der Waals surface area contributed by atoms with Crippen molar-refractivity contribution >= 4 is 11.9 Å². The molecule has 1 amide bonds. The minimum atomic E-state index is -0.573. The molecule has 0 aliphatic carbocycles. The predicted octanol–water partition coefficient (Wildman–Crippen LogP) is 0.397. The number of nitrogens with zero attached hydrogens (tertiary/aromatic N) is 3. The summed E-state index contributed by atoms with van der Waals surface area (Å²) in [6.07, 6.45) is 2.68. The summed E-state index contributed by atoms with van der Waals surface area (Å²) in [5.41, 5.74) is 0.271. The van der Waals surface area contributed by atoms with E-state index in [1.54, 1.807) is 6.92 Å². The van der Waals surface area contributed by atoms with Crippen molar-refractivity contribution in [1.82, 2.24) is 20.1 Å². The molecule has 0 spiro atoms. The van der Waals surface area contributed by atoms with Crippen LogP contribution in [-0.4, -0.2) is 40.3 Å². The standard InChI is InChI=1S/C11H12N4O4/c1-3-18-10(17)8-6-19-11(13-8)15-5-4-7(14-15)9(16)12-2/h4-6H,3H2,1-2H3,(H,12,16). The van der Waals surface area contributed by atoms with Crippen LogP contribution in [0, 0.1) is 0 Å². The quantitative estimate of drug-likeness (QED) is 0.802. The highest BCUT2D eigenvalue weighted by Gasteiger charge is 2.16. The van der Waals surface area contributed by atoms with Gasteiger partial charge in [-0.3, -0.25) is 4.79 Å². The van der Waals surface area contributed by atoms with Crippen LogP contribution >= 0.6 is 0 Å². The van der Waals surface area contributed by atoms with Crippen LogP contribution in [0.3, 0.4) is 0 Å². The summed E-state index contributed by atoms with van der Waals surface area (Å²) >= 11 is 0. The Morgan fingerprint density at radius 1 is 1.47 bits per heavy atom. The zero-order chi connectivity index (χ0) is 13.8. The van der Waals surface area contributed by atoms with Gasteiger partial charge in [0.15, 0.2) is 11.4 Å². The molecule has 0 bridgehead atoms. The summed E-state index contributed by atoms with van der Waals surface area (Å²) in [6, 6.07) is 1.59. The van der Waals surface area contributed by atoms with Gasteiger partial charge in [0, 0.05) is 13.2 Å². The van der Waals surface area contributed by atoms with Crippen LogP contribution in [0.2, 0.25) is 0 Å². The first-order valence-corrected chi connectivity index (χ1v) is 5.56. The maximum absolute atomic E-state index is 11.4. The van der Waals surface area contributed by atoms with Crippen LogP contribution in [-0.2, 0) is 4.74 Å². The third kappa shape index (κ3) is 2.62. The fourth-order valence-electron chi connectivity index (χ4n) is 1.35. The number of esters is 1. The smallest absolute Gasteiger partial charge is 0.360 e. The fourth-order valence-corrected chi connectivity index (χ4v) is 1.35. The van der Waals surface area contributed by atoms with Gasteiger partial charge in [-0.05, 0) is 13.0 Å². The van der Waals surface area contributed by atoms with Gasteiger partial charge in [-0.15, -0.1) is 0 Å². The van der Waals surface area contributed by atoms with Crippen LogP contribution in [0.1, 0.15) is 27.9 Å². The molecule has 0 saturated carbocycles. The van der Waals surface area contributed by atoms with Crippen LogP contribution in [0.4, 0.5) is 0 Å². The molecule has 0 aliphatic rings. The number of amides is 1. The lowest BCUT2D eigenvalue weighted by molar-refractivity contribution is 0.0519. The number of hydrogen-bond acceptors (Lipinski definition) is 6. The number of nitrogens with one attached hydrogen (secondary N) is 1. The number of aromatic nitrogens is 3. The molecule has 0 aliphatic heterocycles. The van der Waals surface area contributed by atoms with Gasteiger partial charge in [0.25, 0.3) is 5.91 Å². The third-order valence-corrected chi connectivity index (χ3v) is 2.22. The second-order valence-electron chi connectivity index (χ2n) is 3.46. The maximum atomic E-state index is 11.4. The maximum Gasteiger partial charge on any atom is 0.360 e. The molecule has 1 N–H and O–H groups in total. The fraction of sp³-hybridized carbons (Fsp3) is 0.273. The topological polar surface area (TPSA) is 99.2 Å². The molecule has 2 heterocycles. The van der Waals surface area contributed by atoms with E-state index >= 15 is 0 Å². The van der Waals surface area contributed by atoms with Crippen LogP contribution < -0.4 is 5.32 Å². The first-order valence-electron chi connectivity index (χ1n) is 5.56. The average Bonchev–Trinajstić information content (AvgIpc) is 3.06. The summed E-state index contributed by atoms with van der Waals surface area (Å²) in [4.78, 5) is 26.7. The van der Waals surface area contributed by atoms with E-state index in [4.69, 9.17) is 9.15 Å². The summed E-state index contributed by atoms with van der Waals surface area (Å²) in [5, 5.41) is 6.41. The number of hydrogen-bond donors (Lipinski definition) is 1. The monoisotopic (exact) mass is 264 g/mol. The van der Waals surface area contributed by atoms with Gasteiger partial charge in [-0.1, -0.05) is 0 Å². The van der Waals surface area contributed by atoms with Crippen molar-refractivity contribution in [1.29, 1.82) is 0 Å². The number of rotatable bonds is 4. The SMILES string of the molecule is CCOC(=O)c1coc(-n2ccc(C(=O)NC)n2)n1. The highest BCUT2D eigenvalue weighted by Crippen LogP contribution is 2.09. The molecular weight excluding hydrogens is 252 g/mol. The summed E-state index contributed by atoms with van der Waals surface area (Å²) < 4.78 is 11.1. The van der Waals surface area contributed by atoms with Gasteiger partial charge in [0.1, 0.15) is 6.26 Å². The molecule has 2 rings (SSSR count). The van der Waals surface area contributed by atoms with Crippen molar-refractivity contribution in [2.45, 2.75) is 6.92 Å². The molecule has 0 radical (unpaired) electrons. The Kier molecular flexibility index (Phi) is 3.60. The zero-order valence-electron chi connectivity index (χ0n) is 10.4. The Hall–Kier alpha value is -2.64. The van der Waals surface area contributed by atoms with Gasteiger partial charge < -0.3 is 14.5 Å². The first kappa shape index (κ1) is 12.8. The number of carbonyl (C=O) groups is 2. The lowest BCUT2D eigenvalue weighted by atomic mass is 10.4. The Morgan fingerprint density at radius 2 is 2.26 bits per heavy atom. The molecule has 2 aromatic heterocycles. The summed E-state index contributed by atoms with van der Waals surface area (Å²) in [7, 11) is 1.51. The summed E-state index contributed by atoms with van der Waals surface area (Å²) in [6.45, 7) is 1.95. The van der Waals surface area contributed by atoms with E-state index in [9.17, 15) is 9.59 Å². The van der Waals surface area contributed by atoms with E-state index < -0.39 is 5.97 Å². The van der Waals surface area contributed by atoms with Crippen molar-refractivity contribution in [3.8, 4) is 6.01 Å². The van der Waals surface area contributed by atoms with E-state index in [0.717, 1.165) is 0 Å². The van der Waals surface area contributed by atoms with E-state index in [1.165, 1.54) is 30.3 Å². The molecule has 0 atom stereocenters. The van der Waals surface area contributed by atoms with E-state index in [0.29, 0.717) is 0 Å². The Balaban J connectivity index is 2.21. The van der Waals surface area contributed by atoms with Crippen molar-refractivity contribution in [2.75, 3.05) is 13.7 Å². The lowest BCUT2D eigenvalue weighted by Gasteiger charge is -1.95. The highest BCUT2D eigenvalue weighted by atomic mass is 16.5. The first-order chi connectivity index (χ1) is 9.15. The van der Waals surface area contributed by atoms with Crippen LogP contribution in [0.15, 0.2) is 22.9 Å². The van der Waals surface area contributed by atoms with Crippen LogP contribution in [0.25, 0.3) is 6.01 Å². The minimum Gasteiger partial charge on any atom is -0.461 e. The molecule has 0 fully saturated rings. The average molecular weight is 264 g/mol. The molecule has 2 aromatic rings. The van der Waals surface area contributed by atoms with Crippen molar-refractivity contribution in [3.05, 3.63) is 29.9 Å². The minimum absolute atomic E-state index is 0.0499. The zero-order valence-corrected chi connectivity index (χ0v) is 10.4. The van der Waals surface area contributed by atoms with Gasteiger partial charge in [0.2, 0.25) is 0 Å². The number of oxazole rings is 1. The molecule has 0 aromatic carbocycles. The number of carbonyl (C=O) groups excluding carboxylic acids is 2. The highest BCUT2D eigenvalue weighted by molar-refractivity contribution is 5.91. The van der Waals surface area contributed by atoms with Gasteiger partial charge >= 0.3 is 12.0 Å². The lowest BCUT2D eigenvalue weighted by Crippen LogP contribution is -2.18. The normalized spacial score (nSPS) is 10.2. The predicted molar refractivity (Wildman–Crippen MR) is 63.0 cm³/mol. The molecule has 19 heavy (non-hydrogen) atoms. The Morgan fingerprint density at radius 3 is 2.95 bits per heavy atom. The van der Waals surface area contributed by atoms with E-state index in [2.05, 4.69) is 15.4 Å². The molecule has 8 nitrogen and oxygen atoms in total. The Labute approximate surface area is 108 Å². The second kappa shape index (κ2) is 5.34. The van der Waals surface area contributed by atoms with Gasteiger partial charge in [-0.2, -0.15) is 14.8 Å². The molecule has 0 saturated heterocycles. The van der Waals surface area contributed by atoms with Crippen molar-refractivity contribution in [3.63, 3.8) is 0 Å². The van der Waals surface area contributed by atoms with E-state index in [-0.39, 0.29) is 29.9 Å². The largest absolute Gasteiger partial charge is 0.461 e. The van der Waals surface area contributed by atoms with Crippen molar-refractivity contribution < 1.29 is 18.7 Å². The van der Waals surface area contributed by atoms with Gasteiger partial charge in [-0.25, -0.2) is 4.79 Å². The molecule has 100 valence electrons. The number of ether oxygens (including phenoxy) is 1. The van der Waals surface area contributed by atoms with Crippen LogP contribution in [0.5, 0.6) is 0 Å². The summed E-state index contributed by atoms with van der Waals surface area (Å²) in [5.74, 6) is -0.896. The third-order valence-electron chi connectivity index (χ3n) is 2.22. The van der Waals surface area contributed by atoms with Gasteiger partial charge in [0.05, 0.1) is 6.61 Å². The Bertz CT molecular complexity index is 601. The van der Waals surface area contributed by atoms with E-state index in [1.807, 2.05) is 0 Å². The molecule has 8 heteroatoms. The molecular formula is C11H12N4O4.